The first kappa shape index (κ1) is 17.4. The Morgan fingerprint density at radius 2 is 1.92 bits per heavy atom. The zero-order chi connectivity index (χ0) is 17.4. The van der Waals surface area contributed by atoms with Crippen molar-refractivity contribution in [3.8, 4) is 10.6 Å². The monoisotopic (exact) mass is 380 g/mol. The standard InChI is InChI=1S/C14H15F3N2O3S2/c15-14(16,17)12-8-10(18-22-12)11-6-7-13(23-11)24(20,21)19-9-4-2-1-3-5-9/h6-9,19H,1-5H2. The first-order valence-electron chi connectivity index (χ1n) is 7.42. The molecule has 0 radical (unpaired) electrons. The van der Waals surface area contributed by atoms with E-state index < -0.39 is 22.0 Å². The number of alkyl halides is 3. The maximum atomic E-state index is 12.5. The van der Waals surface area contributed by atoms with Gasteiger partial charge in [-0.1, -0.05) is 24.4 Å². The Bertz CT molecular complexity index is 805. The molecule has 2 aromatic rings. The average Bonchev–Trinajstić information content (AvgIpc) is 3.17. The third-order valence-corrected chi connectivity index (χ3v) is 6.94. The molecule has 132 valence electrons. The predicted octanol–water partition coefficient (Wildman–Crippen LogP) is 4.03. The molecule has 24 heavy (non-hydrogen) atoms. The molecule has 10 heteroatoms. The zero-order valence-corrected chi connectivity index (χ0v) is 14.1. The molecule has 0 unspecified atom stereocenters. The number of nitrogens with one attached hydrogen (secondary N) is 1. The zero-order valence-electron chi connectivity index (χ0n) is 12.5. The smallest absolute Gasteiger partial charge is 0.351 e. The van der Waals surface area contributed by atoms with Gasteiger partial charge in [0.25, 0.3) is 0 Å². The second-order valence-corrected chi connectivity index (χ2v) is 8.67. The van der Waals surface area contributed by atoms with Gasteiger partial charge in [-0.25, -0.2) is 13.1 Å². The highest BCUT2D eigenvalue weighted by Crippen LogP contribution is 2.35. The van der Waals surface area contributed by atoms with Crippen molar-refractivity contribution in [3.63, 3.8) is 0 Å². The number of halogens is 3. The molecule has 0 atom stereocenters. The molecule has 1 fully saturated rings. The van der Waals surface area contributed by atoms with Gasteiger partial charge in [-0.2, -0.15) is 13.2 Å². The van der Waals surface area contributed by atoms with Crippen molar-refractivity contribution < 1.29 is 26.1 Å². The van der Waals surface area contributed by atoms with Gasteiger partial charge in [0, 0.05) is 12.1 Å². The Kier molecular flexibility index (Phi) is 4.71. The summed E-state index contributed by atoms with van der Waals surface area (Å²) in [5, 5.41) is 3.36. The third-order valence-electron chi connectivity index (χ3n) is 3.82. The molecule has 1 N–H and O–H groups in total. The van der Waals surface area contributed by atoms with Gasteiger partial charge in [-0.05, 0) is 25.0 Å². The fraction of sp³-hybridized carbons (Fsp3) is 0.500. The van der Waals surface area contributed by atoms with Crippen molar-refractivity contribution in [2.45, 2.75) is 48.5 Å². The highest BCUT2D eigenvalue weighted by atomic mass is 32.2. The van der Waals surface area contributed by atoms with Crippen LogP contribution in [-0.4, -0.2) is 19.6 Å². The molecule has 5 nitrogen and oxygen atoms in total. The molecule has 0 spiro atoms. The topological polar surface area (TPSA) is 72.2 Å². The largest absolute Gasteiger partial charge is 0.452 e. The van der Waals surface area contributed by atoms with Crippen molar-refractivity contribution in [3.05, 3.63) is 24.0 Å². The summed E-state index contributed by atoms with van der Waals surface area (Å²) < 4.78 is 69.4. The van der Waals surface area contributed by atoms with E-state index in [1.54, 1.807) is 0 Å². The van der Waals surface area contributed by atoms with E-state index in [0.717, 1.165) is 49.5 Å². The van der Waals surface area contributed by atoms with Crippen LogP contribution in [0.3, 0.4) is 0 Å². The number of rotatable bonds is 4. The highest BCUT2D eigenvalue weighted by molar-refractivity contribution is 7.91. The highest BCUT2D eigenvalue weighted by Gasteiger charge is 2.36. The Morgan fingerprint density at radius 3 is 2.54 bits per heavy atom. The van der Waals surface area contributed by atoms with E-state index >= 15 is 0 Å². The normalized spacial score (nSPS) is 17.3. The lowest BCUT2D eigenvalue weighted by Crippen LogP contribution is -2.35. The van der Waals surface area contributed by atoms with E-state index in [1.807, 2.05) is 0 Å². The lowest BCUT2D eigenvalue weighted by atomic mass is 9.96. The Labute approximate surface area is 140 Å². The SMILES string of the molecule is O=S(=O)(NC1CCCCC1)c1ccc(-c2cc(C(F)(F)F)on2)s1. The summed E-state index contributed by atoms with van der Waals surface area (Å²) in [6.45, 7) is 0. The van der Waals surface area contributed by atoms with Gasteiger partial charge in [-0.15, -0.1) is 11.3 Å². The molecule has 1 saturated carbocycles. The molecular formula is C14H15F3N2O3S2. The fourth-order valence-corrected chi connectivity index (χ4v) is 5.21. The maximum absolute atomic E-state index is 12.5. The number of sulfonamides is 1. The quantitative estimate of drug-likeness (QED) is 0.869. The van der Waals surface area contributed by atoms with Gasteiger partial charge in [0.2, 0.25) is 15.8 Å². The molecule has 0 aliphatic heterocycles. The molecule has 0 aromatic carbocycles. The van der Waals surface area contributed by atoms with Crippen molar-refractivity contribution >= 4 is 21.4 Å². The minimum absolute atomic E-state index is 0.0357. The molecule has 3 rings (SSSR count). The number of hydrogen-bond donors (Lipinski definition) is 1. The number of hydrogen-bond acceptors (Lipinski definition) is 5. The maximum Gasteiger partial charge on any atom is 0.452 e. The van der Waals surface area contributed by atoms with Gasteiger partial charge in [0.05, 0.1) is 4.88 Å². The van der Waals surface area contributed by atoms with E-state index in [2.05, 4.69) is 14.4 Å². The van der Waals surface area contributed by atoms with Crippen molar-refractivity contribution in [2.24, 2.45) is 0 Å². The molecule has 0 bridgehead atoms. The summed E-state index contributed by atoms with van der Waals surface area (Å²) in [6, 6.07) is 3.47. The molecule has 1 aliphatic rings. The van der Waals surface area contributed by atoms with E-state index in [4.69, 9.17) is 0 Å². The summed E-state index contributed by atoms with van der Waals surface area (Å²) >= 11 is 0.865. The number of aromatic nitrogens is 1. The van der Waals surface area contributed by atoms with E-state index in [-0.39, 0.29) is 15.9 Å². The van der Waals surface area contributed by atoms with Crippen LogP contribution in [0.5, 0.6) is 0 Å². The molecule has 2 heterocycles. The Balaban J connectivity index is 1.78. The van der Waals surface area contributed by atoms with Crippen LogP contribution in [0.2, 0.25) is 0 Å². The molecule has 1 aliphatic carbocycles. The fourth-order valence-electron chi connectivity index (χ4n) is 2.63. The van der Waals surface area contributed by atoms with Crippen LogP contribution in [0, 0.1) is 0 Å². The molecule has 0 amide bonds. The lowest BCUT2D eigenvalue weighted by molar-refractivity contribution is -0.155. The van der Waals surface area contributed by atoms with Crippen LogP contribution in [-0.2, 0) is 16.2 Å². The van der Waals surface area contributed by atoms with E-state index in [1.165, 1.54) is 12.1 Å². The first-order chi connectivity index (χ1) is 11.3. The van der Waals surface area contributed by atoms with E-state index in [0.29, 0.717) is 4.88 Å². The van der Waals surface area contributed by atoms with Crippen molar-refractivity contribution in [1.29, 1.82) is 0 Å². The minimum Gasteiger partial charge on any atom is -0.351 e. The van der Waals surface area contributed by atoms with E-state index in [9.17, 15) is 21.6 Å². The lowest BCUT2D eigenvalue weighted by Gasteiger charge is -2.22. The predicted molar refractivity (Wildman–Crippen MR) is 82.0 cm³/mol. The van der Waals surface area contributed by atoms with Crippen LogP contribution in [0.15, 0.2) is 26.9 Å². The second-order valence-electron chi connectivity index (χ2n) is 5.65. The van der Waals surface area contributed by atoms with Crippen LogP contribution >= 0.6 is 11.3 Å². The Hall–Kier alpha value is -1.39. The summed E-state index contributed by atoms with van der Waals surface area (Å²) in [7, 11) is -3.68. The Morgan fingerprint density at radius 1 is 1.21 bits per heavy atom. The third kappa shape index (κ3) is 3.81. The summed E-state index contributed by atoms with van der Waals surface area (Å²) in [5.74, 6) is -1.21. The molecule has 0 saturated heterocycles. The van der Waals surface area contributed by atoms with Gasteiger partial charge < -0.3 is 4.52 Å². The molecule has 2 aromatic heterocycles. The second kappa shape index (κ2) is 6.49. The minimum atomic E-state index is -4.63. The number of nitrogens with zero attached hydrogens (tertiary/aromatic N) is 1. The summed E-state index contributed by atoms with van der Waals surface area (Å²) in [6.07, 6.45) is 0.0600. The van der Waals surface area contributed by atoms with Crippen LogP contribution in [0.1, 0.15) is 37.9 Å². The number of thiophene rings is 1. The van der Waals surface area contributed by atoms with Crippen LogP contribution in [0.25, 0.3) is 10.6 Å². The van der Waals surface area contributed by atoms with Gasteiger partial charge in [0.15, 0.2) is 0 Å². The van der Waals surface area contributed by atoms with Gasteiger partial charge in [0.1, 0.15) is 9.90 Å². The summed E-state index contributed by atoms with van der Waals surface area (Å²) in [4.78, 5) is 0.304. The van der Waals surface area contributed by atoms with Crippen molar-refractivity contribution in [1.82, 2.24) is 9.88 Å². The van der Waals surface area contributed by atoms with Crippen LogP contribution in [0.4, 0.5) is 13.2 Å². The summed E-state index contributed by atoms with van der Waals surface area (Å²) in [5.41, 5.74) is -0.0357. The average molecular weight is 380 g/mol. The van der Waals surface area contributed by atoms with Gasteiger partial charge in [-0.3, -0.25) is 0 Å². The van der Waals surface area contributed by atoms with Gasteiger partial charge >= 0.3 is 6.18 Å². The van der Waals surface area contributed by atoms with Crippen LogP contribution < -0.4 is 4.72 Å². The van der Waals surface area contributed by atoms with Crippen molar-refractivity contribution in [2.75, 3.05) is 0 Å². The molecular weight excluding hydrogens is 365 g/mol. The first-order valence-corrected chi connectivity index (χ1v) is 9.72.